The molecule has 2 aromatic carbocycles. The molecule has 6 nitrogen and oxygen atoms in total. The zero-order valence-corrected chi connectivity index (χ0v) is 23.6. The van der Waals surface area contributed by atoms with Crippen LogP contribution in [0.4, 0.5) is 0 Å². The number of ether oxygens (including phenoxy) is 2. The van der Waals surface area contributed by atoms with Crippen LogP contribution in [0.1, 0.15) is 44.7 Å². The Morgan fingerprint density at radius 3 is 2.47 bits per heavy atom. The van der Waals surface area contributed by atoms with E-state index in [1.807, 2.05) is 43.3 Å². The molecule has 0 aliphatic heterocycles. The molecule has 196 valence electrons. The van der Waals surface area contributed by atoms with Gasteiger partial charge in [0.15, 0.2) is 15.4 Å². The highest BCUT2D eigenvalue weighted by Crippen LogP contribution is 2.36. The molecule has 0 saturated heterocycles. The Morgan fingerprint density at radius 2 is 1.78 bits per heavy atom. The van der Waals surface area contributed by atoms with Crippen LogP contribution in [0.2, 0.25) is 5.02 Å². The monoisotopic (exact) mass is 551 g/mol. The van der Waals surface area contributed by atoms with Gasteiger partial charge in [0.25, 0.3) is 0 Å². The van der Waals surface area contributed by atoms with E-state index in [0.29, 0.717) is 34.6 Å². The van der Waals surface area contributed by atoms with Gasteiger partial charge in [-0.15, -0.1) is 11.3 Å². The number of esters is 1. The van der Waals surface area contributed by atoms with Crippen molar-refractivity contribution in [2.75, 3.05) is 25.4 Å². The Bertz CT molecular complexity index is 1280. The molecule has 0 aliphatic rings. The molecule has 0 aliphatic carbocycles. The fraction of sp³-hybridized carbons (Fsp3) is 0.444. The number of thiophene rings is 1. The number of benzene rings is 2. The summed E-state index contributed by atoms with van der Waals surface area (Å²) < 4.78 is 38.0. The molecule has 0 bridgehead atoms. The van der Waals surface area contributed by atoms with Crippen LogP contribution < -0.4 is 10.1 Å². The number of rotatable bonds is 13. The van der Waals surface area contributed by atoms with E-state index in [0.717, 1.165) is 35.0 Å². The number of fused-ring (bicyclic) bond motifs is 1. The van der Waals surface area contributed by atoms with Crippen LogP contribution in [-0.2, 0) is 25.8 Å². The molecule has 36 heavy (non-hydrogen) atoms. The molecule has 1 heterocycles. The van der Waals surface area contributed by atoms with Crippen LogP contribution in [0.5, 0.6) is 5.75 Å². The van der Waals surface area contributed by atoms with E-state index in [4.69, 9.17) is 21.1 Å². The standard InChI is InChI=1S/C27H34ClNO5S2/c1-5-33-26(30)27(3,4)34-22-12-9-20(10-13-22)8-6-15-29-16-7-17-36(31,32)25-19(2)23-18-21(28)11-14-24(23)35-25/h9-14,18,29H,5-8,15-17H2,1-4H3. The Labute approximate surface area is 222 Å². The van der Waals surface area contributed by atoms with Gasteiger partial charge in [0.2, 0.25) is 0 Å². The average molecular weight is 552 g/mol. The Kier molecular flexibility index (Phi) is 9.80. The maximum absolute atomic E-state index is 12.9. The maximum atomic E-state index is 12.9. The van der Waals surface area contributed by atoms with Gasteiger partial charge in [0.1, 0.15) is 9.96 Å². The fourth-order valence-corrected chi connectivity index (χ4v) is 7.26. The molecule has 0 atom stereocenters. The van der Waals surface area contributed by atoms with Crippen molar-refractivity contribution in [3.05, 3.63) is 58.6 Å². The summed E-state index contributed by atoms with van der Waals surface area (Å²) in [4.78, 5) is 12.0. The summed E-state index contributed by atoms with van der Waals surface area (Å²) >= 11 is 7.39. The van der Waals surface area contributed by atoms with Crippen LogP contribution in [0.25, 0.3) is 10.1 Å². The van der Waals surface area contributed by atoms with E-state index >= 15 is 0 Å². The second-order valence-corrected chi connectivity index (χ2v) is 13.0. The number of carbonyl (C=O) groups is 1. The van der Waals surface area contributed by atoms with E-state index in [-0.39, 0.29) is 5.75 Å². The first-order valence-electron chi connectivity index (χ1n) is 12.1. The molecule has 1 aromatic heterocycles. The lowest BCUT2D eigenvalue weighted by molar-refractivity contribution is -0.158. The zero-order chi connectivity index (χ0) is 26.3. The lowest BCUT2D eigenvalue weighted by Crippen LogP contribution is -2.39. The van der Waals surface area contributed by atoms with Gasteiger partial charge in [0.05, 0.1) is 12.4 Å². The number of carbonyl (C=O) groups excluding carboxylic acids is 1. The highest BCUT2D eigenvalue weighted by molar-refractivity contribution is 7.93. The Hall–Kier alpha value is -2.13. The maximum Gasteiger partial charge on any atom is 0.349 e. The molecule has 9 heteroatoms. The molecule has 3 rings (SSSR count). The largest absolute Gasteiger partial charge is 0.476 e. The molecule has 0 unspecified atom stereocenters. The third kappa shape index (κ3) is 7.44. The topological polar surface area (TPSA) is 81.7 Å². The molecule has 0 fully saturated rings. The van der Waals surface area contributed by atoms with Crippen molar-refractivity contribution < 1.29 is 22.7 Å². The second-order valence-electron chi connectivity index (χ2n) is 9.16. The van der Waals surface area contributed by atoms with E-state index < -0.39 is 21.4 Å². The molecular weight excluding hydrogens is 518 g/mol. The van der Waals surface area contributed by atoms with E-state index in [1.54, 1.807) is 26.8 Å². The van der Waals surface area contributed by atoms with Crippen LogP contribution in [0.15, 0.2) is 46.7 Å². The lowest BCUT2D eigenvalue weighted by Gasteiger charge is -2.24. The average Bonchev–Trinajstić information content (AvgIpc) is 3.16. The van der Waals surface area contributed by atoms with E-state index in [1.165, 1.54) is 16.9 Å². The van der Waals surface area contributed by atoms with E-state index in [2.05, 4.69) is 5.32 Å². The predicted molar refractivity (Wildman–Crippen MR) is 147 cm³/mol. The number of sulfone groups is 1. The Balaban J connectivity index is 1.38. The van der Waals surface area contributed by atoms with Gasteiger partial charge in [0, 0.05) is 9.72 Å². The SMILES string of the molecule is CCOC(=O)C(C)(C)Oc1ccc(CCCNCCCS(=O)(=O)c2sc3ccc(Cl)cc3c2C)cc1. The van der Waals surface area contributed by atoms with Gasteiger partial charge in [-0.1, -0.05) is 23.7 Å². The molecule has 0 saturated carbocycles. The van der Waals surface area contributed by atoms with Crippen molar-refractivity contribution in [2.24, 2.45) is 0 Å². The molecule has 1 N–H and O–H groups in total. The number of halogens is 1. The van der Waals surface area contributed by atoms with Gasteiger partial charge >= 0.3 is 5.97 Å². The fourth-order valence-electron chi connectivity index (χ4n) is 3.86. The van der Waals surface area contributed by atoms with Gasteiger partial charge in [-0.05, 0) is 107 Å². The molecule has 0 radical (unpaired) electrons. The summed E-state index contributed by atoms with van der Waals surface area (Å²) in [5, 5.41) is 4.86. The lowest BCUT2D eigenvalue weighted by atomic mass is 10.1. The Morgan fingerprint density at radius 1 is 1.08 bits per heavy atom. The normalized spacial score (nSPS) is 12.1. The molecule has 0 amide bonds. The summed E-state index contributed by atoms with van der Waals surface area (Å²) in [6.07, 6.45) is 2.37. The number of aryl methyl sites for hydroxylation is 2. The van der Waals surface area contributed by atoms with Crippen LogP contribution in [-0.4, -0.2) is 45.4 Å². The highest BCUT2D eigenvalue weighted by atomic mass is 35.5. The second kappa shape index (κ2) is 12.4. The molecule has 0 spiro atoms. The van der Waals surface area contributed by atoms with Crippen molar-refractivity contribution in [2.45, 2.75) is 56.8 Å². The van der Waals surface area contributed by atoms with Crippen LogP contribution in [0, 0.1) is 6.92 Å². The zero-order valence-electron chi connectivity index (χ0n) is 21.2. The third-order valence-corrected chi connectivity index (χ3v) is 9.80. The molecular formula is C27H34ClNO5S2. The third-order valence-electron chi connectivity index (χ3n) is 5.79. The van der Waals surface area contributed by atoms with Crippen molar-refractivity contribution in [1.29, 1.82) is 0 Å². The van der Waals surface area contributed by atoms with Gasteiger partial charge in [-0.3, -0.25) is 0 Å². The van der Waals surface area contributed by atoms with Crippen LogP contribution >= 0.6 is 22.9 Å². The summed E-state index contributed by atoms with van der Waals surface area (Å²) in [6, 6.07) is 13.2. The first-order valence-corrected chi connectivity index (χ1v) is 15.0. The number of hydrogen-bond donors (Lipinski definition) is 1. The minimum Gasteiger partial charge on any atom is -0.476 e. The summed E-state index contributed by atoms with van der Waals surface area (Å²) in [7, 11) is -3.33. The predicted octanol–water partition coefficient (Wildman–Crippen LogP) is 5.97. The van der Waals surface area contributed by atoms with Crippen LogP contribution in [0.3, 0.4) is 0 Å². The van der Waals surface area contributed by atoms with Crippen molar-refractivity contribution in [3.63, 3.8) is 0 Å². The number of hydrogen-bond acceptors (Lipinski definition) is 7. The smallest absolute Gasteiger partial charge is 0.349 e. The number of nitrogens with one attached hydrogen (secondary N) is 1. The summed E-state index contributed by atoms with van der Waals surface area (Å²) in [5.74, 6) is 0.343. The minimum absolute atomic E-state index is 0.116. The summed E-state index contributed by atoms with van der Waals surface area (Å²) in [6.45, 7) is 8.75. The van der Waals surface area contributed by atoms with Gasteiger partial charge in [-0.25, -0.2) is 13.2 Å². The van der Waals surface area contributed by atoms with Crippen molar-refractivity contribution in [1.82, 2.24) is 5.32 Å². The first-order chi connectivity index (χ1) is 17.0. The van der Waals surface area contributed by atoms with Crippen molar-refractivity contribution >= 4 is 48.8 Å². The summed E-state index contributed by atoms with van der Waals surface area (Å²) in [5.41, 5.74) is 0.908. The first kappa shape index (κ1) is 28.4. The highest BCUT2D eigenvalue weighted by Gasteiger charge is 2.31. The van der Waals surface area contributed by atoms with Gasteiger partial charge in [-0.2, -0.15) is 0 Å². The minimum atomic E-state index is -3.33. The quantitative estimate of drug-likeness (QED) is 0.208. The van der Waals surface area contributed by atoms with Crippen molar-refractivity contribution in [3.8, 4) is 5.75 Å². The van der Waals surface area contributed by atoms with E-state index in [9.17, 15) is 13.2 Å². The molecule has 3 aromatic rings. The van der Waals surface area contributed by atoms with Gasteiger partial charge < -0.3 is 14.8 Å².